The van der Waals surface area contributed by atoms with Crippen molar-refractivity contribution in [3.63, 3.8) is 0 Å². The molecular weight excluding hydrogens is 246 g/mol. The second-order valence-electron chi connectivity index (χ2n) is 4.25. The highest BCUT2D eigenvalue weighted by molar-refractivity contribution is 5.99. The summed E-state index contributed by atoms with van der Waals surface area (Å²) in [6.07, 6.45) is 0.00165. The largest absolute Gasteiger partial charge is 0.507 e. The van der Waals surface area contributed by atoms with Crippen molar-refractivity contribution in [1.29, 1.82) is 0 Å². The quantitative estimate of drug-likeness (QED) is 0.645. The van der Waals surface area contributed by atoms with Gasteiger partial charge < -0.3 is 15.3 Å². The smallest absolute Gasteiger partial charge is 0.350 e. The predicted octanol–water partition coefficient (Wildman–Crippen LogP) is 1.66. The van der Waals surface area contributed by atoms with Crippen LogP contribution in [0.25, 0.3) is 0 Å². The molecule has 0 aliphatic carbocycles. The average Bonchev–Trinajstić information content (AvgIpc) is 2.30. The number of anilines is 1. The van der Waals surface area contributed by atoms with E-state index in [-0.39, 0.29) is 23.5 Å². The SMILES string of the molecule is Cc1cc(O)c(C(=O)Cc2ccc(N)cc2)c(=O)o1. The molecule has 3 N–H and O–H groups in total. The number of nitrogen functional groups attached to an aromatic ring is 1. The van der Waals surface area contributed by atoms with E-state index in [1.165, 1.54) is 13.0 Å². The third kappa shape index (κ3) is 2.82. The Kier molecular flexibility index (Phi) is 3.37. The molecule has 2 aromatic rings. The van der Waals surface area contributed by atoms with Crippen LogP contribution in [-0.2, 0) is 6.42 Å². The molecule has 0 fully saturated rings. The number of aryl methyl sites for hydroxylation is 1. The molecule has 98 valence electrons. The topological polar surface area (TPSA) is 93.5 Å². The van der Waals surface area contributed by atoms with Crippen molar-refractivity contribution in [2.75, 3.05) is 5.73 Å². The van der Waals surface area contributed by atoms with Gasteiger partial charge in [0.25, 0.3) is 0 Å². The van der Waals surface area contributed by atoms with Gasteiger partial charge in [0.2, 0.25) is 0 Å². The summed E-state index contributed by atoms with van der Waals surface area (Å²) in [5, 5.41) is 9.66. The lowest BCUT2D eigenvalue weighted by molar-refractivity contribution is 0.0986. The molecule has 2 rings (SSSR count). The number of Topliss-reactive ketones (excluding diaryl/α,β-unsaturated/α-hetero) is 1. The van der Waals surface area contributed by atoms with Crippen molar-refractivity contribution in [2.45, 2.75) is 13.3 Å². The molecule has 0 saturated carbocycles. The molecule has 1 aromatic carbocycles. The van der Waals surface area contributed by atoms with Crippen LogP contribution in [0.2, 0.25) is 0 Å². The monoisotopic (exact) mass is 259 g/mol. The number of nitrogens with two attached hydrogens (primary N) is 1. The van der Waals surface area contributed by atoms with E-state index in [0.717, 1.165) is 0 Å². The van der Waals surface area contributed by atoms with E-state index < -0.39 is 11.4 Å². The molecule has 0 aliphatic heterocycles. The lowest BCUT2D eigenvalue weighted by Crippen LogP contribution is -2.16. The van der Waals surface area contributed by atoms with E-state index in [0.29, 0.717) is 11.3 Å². The molecule has 0 saturated heterocycles. The van der Waals surface area contributed by atoms with Gasteiger partial charge in [-0.05, 0) is 24.6 Å². The minimum Gasteiger partial charge on any atom is -0.507 e. The van der Waals surface area contributed by atoms with Gasteiger partial charge in [-0.1, -0.05) is 12.1 Å². The Balaban J connectivity index is 2.30. The Morgan fingerprint density at radius 1 is 1.32 bits per heavy atom. The van der Waals surface area contributed by atoms with Gasteiger partial charge >= 0.3 is 5.63 Å². The number of ketones is 1. The summed E-state index contributed by atoms with van der Waals surface area (Å²) in [5.41, 5.74) is 5.70. The van der Waals surface area contributed by atoms with E-state index in [9.17, 15) is 14.7 Å². The molecule has 1 heterocycles. The molecule has 0 bridgehead atoms. The first-order valence-electron chi connectivity index (χ1n) is 5.68. The van der Waals surface area contributed by atoms with Gasteiger partial charge in [0.15, 0.2) is 5.78 Å². The summed E-state index contributed by atoms with van der Waals surface area (Å²) in [4.78, 5) is 23.6. The van der Waals surface area contributed by atoms with Crippen molar-refractivity contribution in [3.05, 3.63) is 57.6 Å². The van der Waals surface area contributed by atoms with Gasteiger partial charge in [0.1, 0.15) is 17.1 Å². The van der Waals surface area contributed by atoms with Crippen molar-refractivity contribution < 1.29 is 14.3 Å². The Labute approximate surface area is 109 Å². The molecule has 0 atom stereocenters. The van der Waals surface area contributed by atoms with Gasteiger partial charge in [-0.3, -0.25) is 4.79 Å². The number of hydrogen-bond acceptors (Lipinski definition) is 5. The lowest BCUT2D eigenvalue weighted by Gasteiger charge is -2.04. The molecule has 0 unspecified atom stereocenters. The van der Waals surface area contributed by atoms with Gasteiger partial charge in [-0.15, -0.1) is 0 Å². The Morgan fingerprint density at radius 3 is 2.53 bits per heavy atom. The zero-order valence-electron chi connectivity index (χ0n) is 10.3. The highest BCUT2D eigenvalue weighted by Gasteiger charge is 2.18. The number of hydrogen-bond donors (Lipinski definition) is 2. The molecular formula is C14H13NO4. The van der Waals surface area contributed by atoms with E-state index >= 15 is 0 Å². The van der Waals surface area contributed by atoms with Crippen molar-refractivity contribution in [1.82, 2.24) is 0 Å². The number of carbonyl (C=O) groups is 1. The fourth-order valence-electron chi connectivity index (χ4n) is 1.76. The summed E-state index contributed by atoms with van der Waals surface area (Å²) >= 11 is 0. The van der Waals surface area contributed by atoms with E-state index in [1.54, 1.807) is 24.3 Å². The Bertz CT molecular complexity index is 671. The fourth-order valence-corrected chi connectivity index (χ4v) is 1.76. The lowest BCUT2D eigenvalue weighted by atomic mass is 10.0. The van der Waals surface area contributed by atoms with Crippen LogP contribution < -0.4 is 11.4 Å². The van der Waals surface area contributed by atoms with Gasteiger partial charge in [-0.2, -0.15) is 0 Å². The van der Waals surface area contributed by atoms with Crippen molar-refractivity contribution in [2.24, 2.45) is 0 Å². The fraction of sp³-hybridized carbons (Fsp3) is 0.143. The zero-order valence-corrected chi connectivity index (χ0v) is 10.3. The second-order valence-corrected chi connectivity index (χ2v) is 4.25. The summed E-state index contributed by atoms with van der Waals surface area (Å²) in [5.74, 6) is -0.586. The summed E-state index contributed by atoms with van der Waals surface area (Å²) in [6.45, 7) is 1.52. The van der Waals surface area contributed by atoms with Gasteiger partial charge in [0.05, 0.1) is 0 Å². The van der Waals surface area contributed by atoms with Gasteiger partial charge in [0, 0.05) is 18.2 Å². The number of benzene rings is 1. The van der Waals surface area contributed by atoms with E-state index in [4.69, 9.17) is 10.2 Å². The molecule has 5 heteroatoms. The van der Waals surface area contributed by atoms with Crippen molar-refractivity contribution >= 4 is 11.5 Å². The number of aromatic hydroxyl groups is 1. The van der Waals surface area contributed by atoms with Crippen LogP contribution in [-0.4, -0.2) is 10.9 Å². The Morgan fingerprint density at radius 2 is 1.95 bits per heavy atom. The molecule has 0 radical (unpaired) electrons. The van der Waals surface area contributed by atoms with Crippen LogP contribution in [0.15, 0.2) is 39.5 Å². The summed E-state index contributed by atoms with van der Waals surface area (Å²) in [6, 6.07) is 7.97. The van der Waals surface area contributed by atoms with Crippen LogP contribution in [0.4, 0.5) is 5.69 Å². The Hall–Kier alpha value is -2.56. The molecule has 0 amide bonds. The van der Waals surface area contributed by atoms with Crippen LogP contribution in [0.3, 0.4) is 0 Å². The maximum absolute atomic E-state index is 12.0. The average molecular weight is 259 g/mol. The first kappa shape index (κ1) is 12.9. The predicted molar refractivity (Wildman–Crippen MR) is 70.3 cm³/mol. The van der Waals surface area contributed by atoms with Crippen LogP contribution >= 0.6 is 0 Å². The van der Waals surface area contributed by atoms with E-state index in [2.05, 4.69) is 0 Å². The molecule has 0 aliphatic rings. The molecule has 19 heavy (non-hydrogen) atoms. The second kappa shape index (κ2) is 4.97. The molecule has 1 aromatic heterocycles. The van der Waals surface area contributed by atoms with Gasteiger partial charge in [-0.25, -0.2) is 4.79 Å². The number of carbonyl (C=O) groups excluding carboxylic acids is 1. The highest BCUT2D eigenvalue weighted by atomic mass is 16.4. The van der Waals surface area contributed by atoms with Crippen LogP contribution in [0, 0.1) is 6.92 Å². The first-order chi connectivity index (χ1) is 8.97. The maximum Gasteiger partial charge on any atom is 0.350 e. The third-order valence-corrected chi connectivity index (χ3v) is 2.68. The minimum absolute atomic E-state index is 0.00165. The summed E-state index contributed by atoms with van der Waals surface area (Å²) < 4.78 is 4.81. The molecule has 0 spiro atoms. The highest BCUT2D eigenvalue weighted by Crippen LogP contribution is 2.17. The van der Waals surface area contributed by atoms with E-state index in [1.807, 2.05) is 0 Å². The third-order valence-electron chi connectivity index (χ3n) is 2.68. The standard InChI is InChI=1S/C14H13NO4/c1-8-6-11(16)13(14(18)19-8)12(17)7-9-2-4-10(15)5-3-9/h2-6,16H,7,15H2,1H3. The van der Waals surface area contributed by atoms with Crippen LogP contribution in [0.5, 0.6) is 5.75 Å². The minimum atomic E-state index is -0.821. The molecule has 5 nitrogen and oxygen atoms in total. The first-order valence-corrected chi connectivity index (χ1v) is 5.68. The van der Waals surface area contributed by atoms with Crippen molar-refractivity contribution in [3.8, 4) is 5.75 Å². The summed E-state index contributed by atoms with van der Waals surface area (Å²) in [7, 11) is 0. The number of rotatable bonds is 3. The normalized spacial score (nSPS) is 10.4. The zero-order chi connectivity index (χ0) is 14.0. The van der Waals surface area contributed by atoms with Crippen LogP contribution in [0.1, 0.15) is 21.7 Å². The maximum atomic E-state index is 12.0.